The number of benzene rings is 2. The molecule has 1 aliphatic rings. The Balaban J connectivity index is 1.70. The molecule has 5 rings (SSSR count). The minimum absolute atomic E-state index is 0.173. The normalized spacial score (nSPS) is 16.4. The van der Waals surface area contributed by atoms with Crippen LogP contribution in [0, 0.1) is 12.7 Å². The van der Waals surface area contributed by atoms with Gasteiger partial charge in [-0.3, -0.25) is 4.79 Å². The Morgan fingerprint density at radius 1 is 1.15 bits per heavy atom. The third-order valence-electron chi connectivity index (χ3n) is 4.96. The molecule has 6 nitrogen and oxygen atoms in total. The topological polar surface area (TPSA) is 75.6 Å². The Bertz CT molecular complexity index is 1160. The Morgan fingerprint density at radius 2 is 1.93 bits per heavy atom. The second-order valence-corrected chi connectivity index (χ2v) is 6.66. The van der Waals surface area contributed by atoms with E-state index in [-0.39, 0.29) is 24.1 Å². The number of carbonyl (C=O) groups excluding carboxylic acids is 1. The molecule has 134 valence electrons. The van der Waals surface area contributed by atoms with Crippen molar-refractivity contribution in [2.75, 3.05) is 5.32 Å². The Hall–Kier alpha value is -3.48. The van der Waals surface area contributed by atoms with Crippen molar-refractivity contribution in [3.8, 4) is 5.95 Å². The lowest BCUT2D eigenvalue weighted by atomic mass is 9.85. The van der Waals surface area contributed by atoms with Crippen LogP contribution in [0.3, 0.4) is 0 Å². The van der Waals surface area contributed by atoms with Crippen LogP contribution in [0.25, 0.3) is 17.0 Å². The number of nitrogens with one attached hydrogen (secondary N) is 2. The van der Waals surface area contributed by atoms with Crippen LogP contribution in [0.4, 0.5) is 10.2 Å². The molecular formula is C20H16FN5O. The van der Waals surface area contributed by atoms with E-state index in [4.69, 9.17) is 0 Å². The van der Waals surface area contributed by atoms with E-state index in [0.717, 1.165) is 22.3 Å². The van der Waals surface area contributed by atoms with E-state index >= 15 is 0 Å². The second kappa shape index (κ2) is 5.77. The van der Waals surface area contributed by atoms with Crippen molar-refractivity contribution in [1.29, 1.82) is 0 Å². The lowest BCUT2D eigenvalue weighted by Crippen LogP contribution is -2.25. The van der Waals surface area contributed by atoms with Crippen molar-refractivity contribution in [3.63, 3.8) is 0 Å². The van der Waals surface area contributed by atoms with Gasteiger partial charge in [-0.05, 0) is 30.7 Å². The Morgan fingerprint density at radius 3 is 2.74 bits per heavy atom. The molecule has 0 spiro atoms. The second-order valence-electron chi connectivity index (χ2n) is 6.66. The number of nitrogens with zero attached hydrogens (tertiary/aromatic N) is 3. The van der Waals surface area contributed by atoms with Crippen molar-refractivity contribution in [3.05, 3.63) is 71.2 Å². The molecule has 4 aromatic rings. The molecule has 7 heteroatoms. The Labute approximate surface area is 154 Å². The number of halogens is 1. The van der Waals surface area contributed by atoms with Gasteiger partial charge in [-0.1, -0.05) is 30.3 Å². The minimum Gasteiger partial charge on any atom is -0.322 e. The summed E-state index contributed by atoms with van der Waals surface area (Å²) in [6.45, 7) is 1.86. The van der Waals surface area contributed by atoms with E-state index in [1.54, 1.807) is 22.9 Å². The van der Waals surface area contributed by atoms with Gasteiger partial charge >= 0.3 is 0 Å². The lowest BCUT2D eigenvalue weighted by Gasteiger charge is -2.24. The highest BCUT2D eigenvalue weighted by atomic mass is 19.1. The summed E-state index contributed by atoms with van der Waals surface area (Å²) in [5.41, 5.74) is 3.74. The molecule has 2 aromatic heterocycles. The van der Waals surface area contributed by atoms with E-state index in [2.05, 4.69) is 20.4 Å². The van der Waals surface area contributed by atoms with E-state index in [1.807, 2.05) is 31.2 Å². The fraction of sp³-hybridized carbons (Fsp3) is 0.150. The number of aromatic amines is 1. The Kier molecular flexibility index (Phi) is 3.36. The van der Waals surface area contributed by atoms with Gasteiger partial charge in [0, 0.05) is 17.9 Å². The van der Waals surface area contributed by atoms with Crippen molar-refractivity contribution in [2.24, 2.45) is 0 Å². The predicted octanol–water partition coefficient (Wildman–Crippen LogP) is 3.67. The van der Waals surface area contributed by atoms with Gasteiger partial charge in [-0.2, -0.15) is 9.78 Å². The molecule has 3 heterocycles. The molecule has 0 aliphatic carbocycles. The summed E-state index contributed by atoms with van der Waals surface area (Å²) in [7, 11) is 0. The van der Waals surface area contributed by atoms with Gasteiger partial charge < -0.3 is 10.3 Å². The number of H-pyrrole nitrogens is 1. The number of amides is 1. The number of rotatable bonds is 2. The van der Waals surface area contributed by atoms with Gasteiger partial charge in [-0.15, -0.1) is 0 Å². The van der Waals surface area contributed by atoms with Crippen LogP contribution in [0.2, 0.25) is 0 Å². The van der Waals surface area contributed by atoms with Crippen molar-refractivity contribution >= 4 is 22.8 Å². The van der Waals surface area contributed by atoms with Gasteiger partial charge in [0.2, 0.25) is 11.9 Å². The van der Waals surface area contributed by atoms with Gasteiger partial charge in [-0.25, -0.2) is 9.37 Å². The zero-order valence-electron chi connectivity index (χ0n) is 14.5. The monoisotopic (exact) mass is 361 g/mol. The summed E-state index contributed by atoms with van der Waals surface area (Å²) in [6.07, 6.45) is 0.181. The van der Waals surface area contributed by atoms with E-state index < -0.39 is 0 Å². The molecule has 0 unspecified atom stereocenters. The number of aromatic nitrogens is 4. The number of para-hydroxylation sites is 2. The summed E-state index contributed by atoms with van der Waals surface area (Å²) in [5.74, 6) is 0.172. The molecule has 1 amide bonds. The molecule has 1 atom stereocenters. The van der Waals surface area contributed by atoms with Gasteiger partial charge in [0.1, 0.15) is 11.6 Å². The summed E-state index contributed by atoms with van der Waals surface area (Å²) >= 11 is 0. The maximum Gasteiger partial charge on any atom is 0.231 e. The molecule has 0 saturated carbocycles. The number of imidazole rings is 1. The average Bonchev–Trinajstić information content (AvgIpc) is 3.22. The molecule has 27 heavy (non-hydrogen) atoms. The highest BCUT2D eigenvalue weighted by Crippen LogP contribution is 2.40. The van der Waals surface area contributed by atoms with Crippen LogP contribution < -0.4 is 5.32 Å². The highest BCUT2D eigenvalue weighted by Gasteiger charge is 2.34. The zero-order chi connectivity index (χ0) is 18.5. The largest absolute Gasteiger partial charge is 0.322 e. The average molecular weight is 361 g/mol. The minimum atomic E-state index is -0.381. The quantitative estimate of drug-likeness (QED) is 0.572. The van der Waals surface area contributed by atoms with Gasteiger partial charge in [0.25, 0.3) is 0 Å². The van der Waals surface area contributed by atoms with Crippen LogP contribution in [-0.4, -0.2) is 25.7 Å². The van der Waals surface area contributed by atoms with Crippen molar-refractivity contribution < 1.29 is 9.18 Å². The smallest absolute Gasteiger partial charge is 0.231 e. The third-order valence-corrected chi connectivity index (χ3v) is 4.96. The summed E-state index contributed by atoms with van der Waals surface area (Å²) in [5, 5.41) is 7.47. The first-order valence-electron chi connectivity index (χ1n) is 8.70. The molecular weight excluding hydrogens is 345 g/mol. The molecule has 2 aromatic carbocycles. The molecule has 2 N–H and O–H groups in total. The number of anilines is 1. The van der Waals surface area contributed by atoms with E-state index in [1.165, 1.54) is 6.07 Å². The summed E-state index contributed by atoms with van der Waals surface area (Å²) < 4.78 is 16.0. The number of fused-ring (bicyclic) bond motifs is 2. The third kappa shape index (κ3) is 2.43. The summed E-state index contributed by atoms with van der Waals surface area (Å²) in [4.78, 5) is 20.2. The van der Waals surface area contributed by atoms with Gasteiger partial charge in [0.05, 0.1) is 16.7 Å². The SMILES string of the molecule is Cc1nn(-c2nc3ccccc3[nH]2)c2c1[C@H](c1ccccc1F)CC(=O)N2. The molecule has 0 fully saturated rings. The first kappa shape index (κ1) is 15.7. The molecule has 0 saturated heterocycles. The zero-order valence-corrected chi connectivity index (χ0v) is 14.5. The van der Waals surface area contributed by atoms with E-state index in [9.17, 15) is 9.18 Å². The fourth-order valence-corrected chi connectivity index (χ4v) is 3.76. The van der Waals surface area contributed by atoms with E-state index in [0.29, 0.717) is 17.3 Å². The maximum atomic E-state index is 14.4. The lowest BCUT2D eigenvalue weighted by molar-refractivity contribution is -0.116. The van der Waals surface area contributed by atoms with Crippen molar-refractivity contribution in [2.45, 2.75) is 19.3 Å². The number of carbonyl (C=O) groups is 1. The first-order valence-corrected chi connectivity index (χ1v) is 8.70. The number of aryl methyl sites for hydroxylation is 1. The summed E-state index contributed by atoms with van der Waals surface area (Å²) in [6, 6.07) is 14.2. The van der Waals surface area contributed by atoms with Crippen molar-refractivity contribution in [1.82, 2.24) is 19.7 Å². The number of hydrogen-bond acceptors (Lipinski definition) is 3. The van der Waals surface area contributed by atoms with Crippen LogP contribution in [0.5, 0.6) is 0 Å². The standard InChI is InChI=1S/C20H16FN5O/c1-11-18-13(12-6-2-3-7-14(12)21)10-17(27)24-19(18)26(25-11)20-22-15-8-4-5-9-16(15)23-20/h2-9,13H,10H2,1H3,(H,22,23)(H,24,27)/t13-/m0/s1. The van der Waals surface area contributed by atoms with Crippen LogP contribution in [0.15, 0.2) is 48.5 Å². The highest BCUT2D eigenvalue weighted by molar-refractivity contribution is 5.95. The van der Waals surface area contributed by atoms with Crippen LogP contribution >= 0.6 is 0 Å². The molecule has 1 aliphatic heterocycles. The van der Waals surface area contributed by atoms with Gasteiger partial charge in [0.15, 0.2) is 0 Å². The van der Waals surface area contributed by atoms with Crippen LogP contribution in [0.1, 0.15) is 29.2 Å². The molecule has 0 bridgehead atoms. The molecule has 0 radical (unpaired) electrons. The number of hydrogen-bond donors (Lipinski definition) is 2. The fourth-order valence-electron chi connectivity index (χ4n) is 3.76. The first-order chi connectivity index (χ1) is 13.1. The maximum absolute atomic E-state index is 14.4. The predicted molar refractivity (Wildman–Crippen MR) is 99.4 cm³/mol. The van der Waals surface area contributed by atoms with Crippen LogP contribution in [-0.2, 0) is 4.79 Å².